The molecule has 2 aromatic carbocycles. The van der Waals surface area contributed by atoms with Gasteiger partial charge in [0.15, 0.2) is 0 Å². The summed E-state index contributed by atoms with van der Waals surface area (Å²) in [5.74, 6) is -2.07. The molecule has 3 aromatic rings. The number of carboxylic acid groups (broad SMARTS) is 1. The molecule has 0 bridgehead atoms. The zero-order valence-electron chi connectivity index (χ0n) is 15.8. The van der Waals surface area contributed by atoms with Crippen LogP contribution in [0.4, 0.5) is 5.69 Å². The number of carbonyl (C=O) groups is 3. The van der Waals surface area contributed by atoms with Gasteiger partial charge in [0, 0.05) is 19.7 Å². The molecule has 0 aliphatic carbocycles. The van der Waals surface area contributed by atoms with Crippen molar-refractivity contribution in [2.45, 2.75) is 12.5 Å². The molecule has 29 heavy (non-hydrogen) atoms. The third kappa shape index (κ3) is 4.90. The van der Waals surface area contributed by atoms with Gasteiger partial charge in [-0.05, 0) is 29.8 Å². The van der Waals surface area contributed by atoms with E-state index in [9.17, 15) is 19.5 Å². The van der Waals surface area contributed by atoms with Crippen LogP contribution in [0.2, 0.25) is 0 Å². The highest BCUT2D eigenvalue weighted by molar-refractivity contribution is 6.08. The summed E-state index contributed by atoms with van der Waals surface area (Å²) in [6.45, 7) is 0. The quantitative estimate of drug-likeness (QED) is 0.576. The van der Waals surface area contributed by atoms with E-state index in [-0.39, 0.29) is 17.9 Å². The summed E-state index contributed by atoms with van der Waals surface area (Å²) in [4.78, 5) is 36.9. The van der Waals surface area contributed by atoms with Crippen LogP contribution in [-0.4, -0.2) is 33.5 Å². The topological polar surface area (TPSA) is 100 Å². The number of carboxylic acids is 1. The Morgan fingerprint density at radius 2 is 1.62 bits per heavy atom. The third-order valence-electron chi connectivity index (χ3n) is 4.48. The second-order valence-corrected chi connectivity index (χ2v) is 6.56. The van der Waals surface area contributed by atoms with Crippen LogP contribution in [0.25, 0.3) is 0 Å². The average Bonchev–Trinajstić information content (AvgIpc) is 3.14. The number of aryl methyl sites for hydroxylation is 1. The van der Waals surface area contributed by atoms with Gasteiger partial charge in [-0.2, -0.15) is 0 Å². The molecular weight excluding hydrogens is 370 g/mol. The smallest absolute Gasteiger partial charge is 0.326 e. The Labute approximate surface area is 168 Å². The Morgan fingerprint density at radius 1 is 0.931 bits per heavy atom. The number of rotatable bonds is 7. The lowest BCUT2D eigenvalue weighted by molar-refractivity contribution is -0.139. The van der Waals surface area contributed by atoms with Gasteiger partial charge in [-0.15, -0.1) is 0 Å². The van der Waals surface area contributed by atoms with Crippen LogP contribution in [0, 0.1) is 0 Å². The number of nitrogens with zero attached hydrogens (tertiary/aromatic N) is 1. The Morgan fingerprint density at radius 3 is 2.28 bits per heavy atom. The van der Waals surface area contributed by atoms with Gasteiger partial charge >= 0.3 is 5.97 Å². The predicted octanol–water partition coefficient (Wildman–Crippen LogP) is 2.70. The normalized spacial score (nSPS) is 11.5. The molecule has 1 aromatic heterocycles. The van der Waals surface area contributed by atoms with E-state index in [1.165, 1.54) is 6.07 Å². The van der Waals surface area contributed by atoms with Crippen LogP contribution in [0.3, 0.4) is 0 Å². The Kier molecular flexibility index (Phi) is 6.09. The van der Waals surface area contributed by atoms with E-state index >= 15 is 0 Å². The molecule has 148 valence electrons. The number of amides is 2. The van der Waals surface area contributed by atoms with Crippen molar-refractivity contribution in [3.8, 4) is 0 Å². The van der Waals surface area contributed by atoms with E-state index < -0.39 is 17.9 Å². The first-order valence-electron chi connectivity index (χ1n) is 9.05. The molecule has 7 nitrogen and oxygen atoms in total. The summed E-state index contributed by atoms with van der Waals surface area (Å²) in [5, 5.41) is 14.8. The van der Waals surface area contributed by atoms with Gasteiger partial charge in [0.2, 0.25) is 0 Å². The summed E-state index contributed by atoms with van der Waals surface area (Å²) in [6, 6.07) is 17.9. The van der Waals surface area contributed by atoms with Crippen LogP contribution >= 0.6 is 0 Å². The molecule has 1 unspecified atom stereocenters. The second-order valence-electron chi connectivity index (χ2n) is 6.56. The van der Waals surface area contributed by atoms with Gasteiger partial charge in [0.1, 0.15) is 11.7 Å². The van der Waals surface area contributed by atoms with Gasteiger partial charge in [-0.3, -0.25) is 9.59 Å². The molecule has 0 fully saturated rings. The lowest BCUT2D eigenvalue weighted by Crippen LogP contribution is -2.42. The first-order chi connectivity index (χ1) is 14.0. The zero-order chi connectivity index (χ0) is 20.8. The van der Waals surface area contributed by atoms with Crippen molar-refractivity contribution in [3.63, 3.8) is 0 Å². The average molecular weight is 391 g/mol. The largest absolute Gasteiger partial charge is 0.480 e. The maximum Gasteiger partial charge on any atom is 0.326 e. The molecular formula is C22H21N3O4. The minimum absolute atomic E-state index is 0.153. The van der Waals surface area contributed by atoms with Gasteiger partial charge in [-0.25, -0.2) is 4.79 Å². The van der Waals surface area contributed by atoms with Crippen molar-refractivity contribution < 1.29 is 19.5 Å². The van der Waals surface area contributed by atoms with Gasteiger partial charge in [-0.1, -0.05) is 42.5 Å². The van der Waals surface area contributed by atoms with Crippen LogP contribution in [0.1, 0.15) is 26.4 Å². The molecule has 1 atom stereocenters. The number of hydrogen-bond donors (Lipinski definition) is 3. The van der Waals surface area contributed by atoms with Gasteiger partial charge < -0.3 is 20.3 Å². The third-order valence-corrected chi connectivity index (χ3v) is 4.48. The lowest BCUT2D eigenvalue weighted by atomic mass is 10.1. The summed E-state index contributed by atoms with van der Waals surface area (Å²) in [7, 11) is 1.74. The monoisotopic (exact) mass is 391 g/mol. The molecule has 0 aliphatic rings. The van der Waals surface area contributed by atoms with Gasteiger partial charge in [0.25, 0.3) is 11.8 Å². The van der Waals surface area contributed by atoms with Crippen molar-refractivity contribution in [2.75, 3.05) is 5.32 Å². The van der Waals surface area contributed by atoms with Crippen LogP contribution < -0.4 is 10.6 Å². The van der Waals surface area contributed by atoms with E-state index in [1.807, 2.05) is 18.2 Å². The summed E-state index contributed by atoms with van der Waals surface area (Å²) in [6.07, 6.45) is 1.90. The number of anilines is 1. The van der Waals surface area contributed by atoms with Crippen molar-refractivity contribution in [2.24, 2.45) is 7.05 Å². The van der Waals surface area contributed by atoms with Crippen molar-refractivity contribution in [3.05, 3.63) is 89.7 Å². The number of carbonyl (C=O) groups excluding carboxylic acids is 2. The van der Waals surface area contributed by atoms with Crippen LogP contribution in [0.5, 0.6) is 0 Å². The fraction of sp³-hybridized carbons (Fsp3) is 0.136. The number of para-hydroxylation sites is 1. The zero-order valence-corrected chi connectivity index (χ0v) is 15.8. The van der Waals surface area contributed by atoms with Crippen molar-refractivity contribution in [1.29, 1.82) is 0 Å². The second kappa shape index (κ2) is 8.88. The number of aromatic nitrogens is 1. The maximum absolute atomic E-state index is 12.8. The molecule has 0 saturated carbocycles. The lowest BCUT2D eigenvalue weighted by Gasteiger charge is -2.16. The fourth-order valence-corrected chi connectivity index (χ4v) is 2.96. The fourth-order valence-electron chi connectivity index (χ4n) is 2.96. The minimum atomic E-state index is -1.13. The van der Waals surface area contributed by atoms with Crippen molar-refractivity contribution in [1.82, 2.24) is 9.88 Å². The maximum atomic E-state index is 12.8. The number of benzene rings is 2. The van der Waals surface area contributed by atoms with Crippen molar-refractivity contribution >= 4 is 23.5 Å². The van der Waals surface area contributed by atoms with E-state index in [0.717, 1.165) is 5.56 Å². The Hall–Kier alpha value is -3.87. The number of nitrogens with one attached hydrogen (secondary N) is 2. The number of aliphatic carboxylic acids is 1. The molecule has 3 N–H and O–H groups in total. The molecule has 3 rings (SSSR count). The van der Waals surface area contributed by atoms with E-state index in [4.69, 9.17) is 0 Å². The first-order valence-corrected chi connectivity index (χ1v) is 9.05. The standard InChI is InChI=1S/C22H21N3O4/c1-25-13-7-12-19(25)21(27)23-17-11-6-5-10-16(17)20(26)24-18(22(28)29)14-15-8-3-2-4-9-15/h2-13,18H,14H2,1H3,(H,23,27)(H,24,26)(H,28,29). The molecule has 7 heteroatoms. The van der Waals surface area contributed by atoms with Gasteiger partial charge in [0.05, 0.1) is 11.3 Å². The Balaban J connectivity index is 1.77. The number of hydrogen-bond acceptors (Lipinski definition) is 3. The summed E-state index contributed by atoms with van der Waals surface area (Å²) in [5.41, 5.74) is 1.73. The first kappa shape index (κ1) is 19.9. The highest BCUT2D eigenvalue weighted by Gasteiger charge is 2.23. The molecule has 2 amide bonds. The Bertz CT molecular complexity index is 1030. The van der Waals surface area contributed by atoms with E-state index in [1.54, 1.807) is 60.3 Å². The van der Waals surface area contributed by atoms with Crippen LogP contribution in [0.15, 0.2) is 72.9 Å². The highest BCUT2D eigenvalue weighted by Crippen LogP contribution is 2.17. The van der Waals surface area contributed by atoms with E-state index in [0.29, 0.717) is 11.4 Å². The molecule has 0 spiro atoms. The minimum Gasteiger partial charge on any atom is -0.480 e. The van der Waals surface area contributed by atoms with Crippen LogP contribution in [-0.2, 0) is 18.3 Å². The predicted molar refractivity (Wildman–Crippen MR) is 109 cm³/mol. The summed E-state index contributed by atoms with van der Waals surface area (Å²) < 4.78 is 1.67. The molecule has 0 saturated heterocycles. The molecule has 1 heterocycles. The summed E-state index contributed by atoms with van der Waals surface area (Å²) >= 11 is 0. The molecule has 0 radical (unpaired) electrons. The SMILES string of the molecule is Cn1cccc1C(=O)Nc1ccccc1C(=O)NC(Cc1ccccc1)C(=O)O. The molecule has 0 aliphatic heterocycles. The highest BCUT2D eigenvalue weighted by atomic mass is 16.4. The van der Waals surface area contributed by atoms with E-state index in [2.05, 4.69) is 10.6 Å².